The van der Waals surface area contributed by atoms with Crippen LogP contribution in [0.15, 0.2) is 109 Å². The average Bonchev–Trinajstić information content (AvgIpc) is 3.06. The molecule has 2 aromatic heterocycles. The van der Waals surface area contributed by atoms with Crippen molar-refractivity contribution >= 4 is 11.9 Å². The molecular formula is C38H30IrN4O4+. The van der Waals surface area contributed by atoms with Crippen molar-refractivity contribution in [3.05, 3.63) is 143 Å². The van der Waals surface area contributed by atoms with Gasteiger partial charge in [-0.05, 0) is 38.8 Å². The van der Waals surface area contributed by atoms with E-state index >= 15 is 0 Å². The zero-order valence-corrected chi connectivity index (χ0v) is 28.5. The molecule has 0 fully saturated rings. The number of rotatable bonds is 6. The van der Waals surface area contributed by atoms with Crippen LogP contribution >= 0.6 is 0 Å². The molecule has 4 aromatic carbocycles. The van der Waals surface area contributed by atoms with Crippen LogP contribution in [0.5, 0.6) is 0 Å². The van der Waals surface area contributed by atoms with Crippen LogP contribution in [-0.4, -0.2) is 31.9 Å². The zero-order chi connectivity index (χ0) is 32.8. The predicted octanol–water partition coefficient (Wildman–Crippen LogP) is 5.58. The SMILES string of the molecule is Cc1ccccc1-c1nc(C(=O)[O-])nc(-c2ccccc2)c1C.Cc1ccccc1-c1nc(C(=O)[O-])nc(-c2ccccc2)c1C.[Ir+3]. The Kier molecular flexibility index (Phi) is 11.2. The summed E-state index contributed by atoms with van der Waals surface area (Å²) in [6.07, 6.45) is 0. The normalized spacial score (nSPS) is 10.3. The first-order valence-electron chi connectivity index (χ1n) is 14.6. The third-order valence-electron chi connectivity index (χ3n) is 7.55. The molecule has 0 aliphatic carbocycles. The van der Waals surface area contributed by atoms with Crippen molar-refractivity contribution in [3.63, 3.8) is 0 Å². The van der Waals surface area contributed by atoms with Gasteiger partial charge in [-0.1, -0.05) is 109 Å². The van der Waals surface area contributed by atoms with Crippen LogP contribution in [0, 0.1) is 27.7 Å². The summed E-state index contributed by atoms with van der Waals surface area (Å²) in [5.74, 6) is -3.35. The molecule has 0 radical (unpaired) electrons. The van der Waals surface area contributed by atoms with Crippen molar-refractivity contribution in [1.29, 1.82) is 0 Å². The topological polar surface area (TPSA) is 132 Å². The van der Waals surface area contributed by atoms with Gasteiger partial charge in [0.05, 0.1) is 22.8 Å². The van der Waals surface area contributed by atoms with Gasteiger partial charge < -0.3 is 19.8 Å². The molecule has 0 atom stereocenters. The van der Waals surface area contributed by atoms with E-state index in [-0.39, 0.29) is 31.8 Å². The summed E-state index contributed by atoms with van der Waals surface area (Å²) in [6.45, 7) is 7.75. The van der Waals surface area contributed by atoms with Gasteiger partial charge in [0.1, 0.15) is 11.9 Å². The Labute approximate surface area is 286 Å². The van der Waals surface area contributed by atoms with Gasteiger partial charge in [0.2, 0.25) is 0 Å². The summed E-state index contributed by atoms with van der Waals surface area (Å²) in [5, 5.41) is 22.7. The molecule has 0 spiro atoms. The van der Waals surface area contributed by atoms with Gasteiger partial charge in [-0.15, -0.1) is 0 Å². The van der Waals surface area contributed by atoms with E-state index < -0.39 is 11.9 Å². The first kappa shape index (κ1) is 34.5. The number of carboxylic acids is 2. The van der Waals surface area contributed by atoms with Gasteiger partial charge >= 0.3 is 20.1 Å². The van der Waals surface area contributed by atoms with Gasteiger partial charge in [0.25, 0.3) is 0 Å². The monoisotopic (exact) mass is 799 g/mol. The second kappa shape index (κ2) is 15.3. The Morgan fingerprint density at radius 2 is 0.745 bits per heavy atom. The fourth-order valence-corrected chi connectivity index (χ4v) is 5.17. The van der Waals surface area contributed by atoms with Crippen molar-refractivity contribution in [1.82, 2.24) is 19.9 Å². The van der Waals surface area contributed by atoms with E-state index in [1.54, 1.807) is 0 Å². The molecule has 0 aliphatic heterocycles. The maximum absolute atomic E-state index is 11.3. The molecule has 0 unspecified atom stereocenters. The minimum absolute atomic E-state index is 0. The predicted molar refractivity (Wildman–Crippen MR) is 173 cm³/mol. The third-order valence-corrected chi connectivity index (χ3v) is 7.55. The number of hydrogen-bond donors (Lipinski definition) is 0. The van der Waals surface area contributed by atoms with Gasteiger partial charge in [0.15, 0.2) is 11.6 Å². The molecule has 0 amide bonds. The first-order valence-corrected chi connectivity index (χ1v) is 14.6. The number of aromatic carboxylic acids is 2. The molecular weight excluding hydrogens is 769 g/mol. The van der Waals surface area contributed by atoms with E-state index in [2.05, 4.69) is 19.9 Å². The number of carbonyl (C=O) groups is 2. The number of carboxylic acid groups (broad SMARTS) is 2. The van der Waals surface area contributed by atoms with Crippen LogP contribution < -0.4 is 10.2 Å². The molecule has 0 saturated carbocycles. The largest absolute Gasteiger partial charge is 3.00 e. The maximum atomic E-state index is 11.3. The minimum atomic E-state index is -1.38. The standard InChI is InChI=1S/2C19H16N2O2.Ir/c2*1-12-8-6-7-11-15(12)17-13(2)16(14-9-4-3-5-10-14)20-18(21-17)19(22)23;/h2*3-11H,1-2H3,(H,22,23);/q;;+3/p-2. The number of hydrogen-bond acceptors (Lipinski definition) is 8. The summed E-state index contributed by atoms with van der Waals surface area (Å²) >= 11 is 0. The van der Waals surface area contributed by atoms with Crippen LogP contribution in [0.3, 0.4) is 0 Å². The first-order chi connectivity index (χ1) is 22.2. The molecule has 2 heterocycles. The van der Waals surface area contributed by atoms with E-state index in [0.29, 0.717) is 22.8 Å². The number of benzene rings is 4. The Balaban J connectivity index is 0.000000208. The second-order valence-corrected chi connectivity index (χ2v) is 10.7. The van der Waals surface area contributed by atoms with Crippen LogP contribution in [-0.2, 0) is 20.1 Å². The molecule has 0 N–H and O–H groups in total. The molecule has 47 heavy (non-hydrogen) atoms. The molecule has 0 bridgehead atoms. The Morgan fingerprint density at radius 1 is 0.447 bits per heavy atom. The number of aromatic nitrogens is 4. The van der Waals surface area contributed by atoms with Gasteiger partial charge in [-0.3, -0.25) is 0 Å². The van der Waals surface area contributed by atoms with Crippen molar-refractivity contribution in [2.75, 3.05) is 0 Å². The molecule has 0 saturated heterocycles. The average molecular weight is 799 g/mol. The molecule has 8 nitrogen and oxygen atoms in total. The van der Waals surface area contributed by atoms with Gasteiger partial charge in [-0.2, -0.15) is 0 Å². The van der Waals surface area contributed by atoms with Crippen LogP contribution in [0.25, 0.3) is 45.0 Å². The fraction of sp³-hybridized carbons (Fsp3) is 0.105. The van der Waals surface area contributed by atoms with Gasteiger partial charge in [0, 0.05) is 33.4 Å². The summed E-state index contributed by atoms with van der Waals surface area (Å²) in [7, 11) is 0. The number of carbonyl (C=O) groups excluding carboxylic acids is 2. The molecule has 6 rings (SSSR count). The quantitative estimate of drug-likeness (QED) is 0.214. The van der Waals surface area contributed by atoms with Crippen molar-refractivity contribution < 1.29 is 39.9 Å². The van der Waals surface area contributed by atoms with E-state index in [4.69, 9.17) is 0 Å². The Hall–Kier alpha value is -5.37. The van der Waals surface area contributed by atoms with Crippen LogP contribution in [0.1, 0.15) is 43.5 Å². The second-order valence-electron chi connectivity index (χ2n) is 10.7. The summed E-state index contributed by atoms with van der Waals surface area (Å²) in [6, 6.07) is 34.5. The van der Waals surface area contributed by atoms with E-state index in [9.17, 15) is 19.8 Å². The molecule has 6 aromatic rings. The molecule has 9 heteroatoms. The molecule has 0 aliphatic rings. The maximum Gasteiger partial charge on any atom is 3.00 e. The number of nitrogens with zero attached hydrogens (tertiary/aromatic N) is 4. The van der Waals surface area contributed by atoms with Crippen LogP contribution in [0.2, 0.25) is 0 Å². The summed E-state index contributed by atoms with van der Waals surface area (Å²) < 4.78 is 0. The van der Waals surface area contributed by atoms with Crippen molar-refractivity contribution in [2.45, 2.75) is 27.7 Å². The zero-order valence-electron chi connectivity index (χ0n) is 26.1. The van der Waals surface area contributed by atoms with Gasteiger partial charge in [-0.25, -0.2) is 19.9 Å². The summed E-state index contributed by atoms with van der Waals surface area (Å²) in [5.41, 5.74) is 9.69. The Bertz CT molecular complexity index is 1900. The summed E-state index contributed by atoms with van der Waals surface area (Å²) in [4.78, 5) is 39.5. The molecule has 234 valence electrons. The van der Waals surface area contributed by atoms with Crippen molar-refractivity contribution in [2.24, 2.45) is 0 Å². The van der Waals surface area contributed by atoms with Crippen molar-refractivity contribution in [3.8, 4) is 45.0 Å². The third kappa shape index (κ3) is 7.72. The van der Waals surface area contributed by atoms with E-state index in [0.717, 1.165) is 44.5 Å². The smallest absolute Gasteiger partial charge is 0.542 e. The fourth-order valence-electron chi connectivity index (χ4n) is 5.17. The minimum Gasteiger partial charge on any atom is -0.542 e. The van der Waals surface area contributed by atoms with E-state index in [1.165, 1.54) is 0 Å². The van der Waals surface area contributed by atoms with E-state index in [1.807, 2.05) is 137 Å². The Morgan fingerprint density at radius 3 is 1.06 bits per heavy atom. The number of aryl methyl sites for hydroxylation is 2. The van der Waals surface area contributed by atoms with Crippen LogP contribution in [0.4, 0.5) is 0 Å².